The van der Waals surface area contributed by atoms with Gasteiger partial charge in [-0.2, -0.15) is 0 Å². The van der Waals surface area contributed by atoms with Crippen LogP contribution in [-0.2, 0) is 10.5 Å². The number of thiophene rings is 1. The second kappa shape index (κ2) is 9.66. The molecule has 1 N–H and O–H groups in total. The van der Waals surface area contributed by atoms with Gasteiger partial charge >= 0.3 is 0 Å². The SMILES string of the molecule is Cc1cc(C(=O)CCC(=O)Nc2ccc(SCc3cccnc3)cc2)c(C)s1. The van der Waals surface area contributed by atoms with E-state index in [2.05, 4.69) is 16.4 Å². The van der Waals surface area contributed by atoms with Gasteiger partial charge in [0.15, 0.2) is 5.78 Å². The number of benzene rings is 1. The molecule has 6 heteroatoms. The van der Waals surface area contributed by atoms with Gasteiger partial charge in [-0.1, -0.05) is 6.07 Å². The molecule has 0 bridgehead atoms. The van der Waals surface area contributed by atoms with Crippen LogP contribution >= 0.6 is 23.1 Å². The van der Waals surface area contributed by atoms with Crippen LogP contribution in [0.2, 0.25) is 0 Å². The van der Waals surface area contributed by atoms with E-state index in [1.165, 1.54) is 5.56 Å². The third-order valence-electron chi connectivity index (χ3n) is 4.19. The summed E-state index contributed by atoms with van der Waals surface area (Å²) in [5, 5.41) is 2.86. The zero-order valence-electron chi connectivity index (χ0n) is 15.9. The van der Waals surface area contributed by atoms with Crippen LogP contribution in [0.4, 0.5) is 5.69 Å². The van der Waals surface area contributed by atoms with Crippen LogP contribution in [0.15, 0.2) is 59.8 Å². The van der Waals surface area contributed by atoms with Crippen molar-refractivity contribution in [2.75, 3.05) is 5.32 Å². The second-order valence-corrected chi connectivity index (χ2v) is 8.98. The Morgan fingerprint density at radius 1 is 1.11 bits per heavy atom. The van der Waals surface area contributed by atoms with Crippen LogP contribution in [0.3, 0.4) is 0 Å². The van der Waals surface area contributed by atoms with Crippen LogP contribution < -0.4 is 5.32 Å². The van der Waals surface area contributed by atoms with E-state index in [1.807, 2.05) is 56.4 Å². The fourth-order valence-electron chi connectivity index (χ4n) is 2.78. The zero-order valence-corrected chi connectivity index (χ0v) is 17.5. The summed E-state index contributed by atoms with van der Waals surface area (Å²) in [6.45, 7) is 3.93. The van der Waals surface area contributed by atoms with Crippen molar-refractivity contribution < 1.29 is 9.59 Å². The fraction of sp³-hybridized carbons (Fsp3) is 0.227. The van der Waals surface area contributed by atoms with Gasteiger partial charge in [0, 0.05) is 56.9 Å². The van der Waals surface area contributed by atoms with Crippen molar-refractivity contribution in [2.24, 2.45) is 0 Å². The number of rotatable bonds is 8. The van der Waals surface area contributed by atoms with E-state index in [1.54, 1.807) is 29.3 Å². The molecule has 0 fully saturated rings. The van der Waals surface area contributed by atoms with E-state index in [9.17, 15) is 9.59 Å². The van der Waals surface area contributed by atoms with Crippen LogP contribution in [0.5, 0.6) is 0 Å². The molecule has 3 aromatic rings. The minimum Gasteiger partial charge on any atom is -0.326 e. The summed E-state index contributed by atoms with van der Waals surface area (Å²) in [4.78, 5) is 31.8. The van der Waals surface area contributed by atoms with Gasteiger partial charge in [0.1, 0.15) is 0 Å². The van der Waals surface area contributed by atoms with Crippen molar-refractivity contribution in [2.45, 2.75) is 37.3 Å². The number of Topliss-reactive ketones (excluding diaryl/α,β-unsaturated/α-hetero) is 1. The highest BCUT2D eigenvalue weighted by molar-refractivity contribution is 7.98. The topological polar surface area (TPSA) is 59.1 Å². The van der Waals surface area contributed by atoms with Crippen molar-refractivity contribution in [1.29, 1.82) is 0 Å². The summed E-state index contributed by atoms with van der Waals surface area (Å²) in [5.74, 6) is 0.733. The summed E-state index contributed by atoms with van der Waals surface area (Å²) in [6, 6.07) is 13.6. The van der Waals surface area contributed by atoms with Gasteiger partial charge < -0.3 is 5.32 Å². The average molecular weight is 411 g/mol. The maximum Gasteiger partial charge on any atom is 0.224 e. The Bertz CT molecular complexity index is 950. The summed E-state index contributed by atoms with van der Waals surface area (Å²) < 4.78 is 0. The smallest absolute Gasteiger partial charge is 0.224 e. The number of carbonyl (C=O) groups excluding carboxylic acids is 2. The molecule has 0 aliphatic carbocycles. The molecule has 2 heterocycles. The first-order valence-electron chi connectivity index (χ1n) is 9.03. The predicted molar refractivity (Wildman–Crippen MR) is 116 cm³/mol. The molecule has 0 aliphatic heterocycles. The lowest BCUT2D eigenvalue weighted by Crippen LogP contribution is -2.13. The van der Waals surface area contributed by atoms with E-state index >= 15 is 0 Å². The van der Waals surface area contributed by atoms with E-state index in [4.69, 9.17) is 0 Å². The van der Waals surface area contributed by atoms with Gasteiger partial charge in [-0.05, 0) is 55.8 Å². The maximum atomic E-state index is 12.3. The molecule has 0 spiro atoms. The minimum absolute atomic E-state index is 0.0270. The third-order valence-corrected chi connectivity index (χ3v) is 6.24. The number of ketones is 1. The molecule has 0 saturated heterocycles. The van der Waals surface area contributed by atoms with E-state index in [0.29, 0.717) is 0 Å². The molecule has 0 aliphatic rings. The number of hydrogen-bond donors (Lipinski definition) is 1. The highest BCUT2D eigenvalue weighted by Gasteiger charge is 2.14. The highest BCUT2D eigenvalue weighted by Crippen LogP contribution is 2.24. The largest absolute Gasteiger partial charge is 0.326 e. The monoisotopic (exact) mass is 410 g/mol. The lowest BCUT2D eigenvalue weighted by Gasteiger charge is -2.07. The van der Waals surface area contributed by atoms with Gasteiger partial charge in [-0.3, -0.25) is 14.6 Å². The Kier molecular flexibility index (Phi) is 7.01. The third kappa shape index (κ3) is 5.78. The standard InChI is InChI=1S/C22H22N2O2S2/c1-15-12-20(16(2)28-15)21(25)9-10-22(26)24-18-5-7-19(8-6-18)27-14-17-4-3-11-23-13-17/h3-8,11-13H,9-10,14H2,1-2H3,(H,24,26). The normalized spacial score (nSPS) is 10.6. The molecule has 0 unspecified atom stereocenters. The van der Waals surface area contributed by atoms with E-state index in [-0.39, 0.29) is 24.5 Å². The molecule has 3 rings (SSSR count). The fourth-order valence-corrected chi connectivity index (χ4v) is 4.55. The Morgan fingerprint density at radius 2 is 1.89 bits per heavy atom. The molecule has 1 aromatic carbocycles. The van der Waals surface area contributed by atoms with Crippen LogP contribution in [0.25, 0.3) is 0 Å². The van der Waals surface area contributed by atoms with Gasteiger partial charge in [0.2, 0.25) is 5.91 Å². The molecular weight excluding hydrogens is 388 g/mol. The summed E-state index contributed by atoms with van der Waals surface area (Å²) in [6.07, 6.45) is 4.04. The molecule has 4 nitrogen and oxygen atoms in total. The predicted octanol–water partition coefficient (Wildman–Crippen LogP) is 5.65. The first kappa shape index (κ1) is 20.3. The molecule has 2 aromatic heterocycles. The molecular formula is C22H22N2O2S2. The highest BCUT2D eigenvalue weighted by atomic mass is 32.2. The Labute approximate surface area is 173 Å². The Hall–Kier alpha value is -2.44. The number of nitrogens with one attached hydrogen (secondary N) is 1. The van der Waals surface area contributed by atoms with Crippen molar-refractivity contribution in [1.82, 2.24) is 4.98 Å². The lowest BCUT2D eigenvalue weighted by atomic mass is 10.1. The first-order valence-corrected chi connectivity index (χ1v) is 10.8. The number of pyridine rings is 1. The number of carbonyl (C=O) groups is 2. The Morgan fingerprint density at radius 3 is 2.54 bits per heavy atom. The number of nitrogens with zero attached hydrogens (tertiary/aromatic N) is 1. The first-order chi connectivity index (χ1) is 13.5. The number of amides is 1. The Balaban J connectivity index is 1.46. The molecule has 1 amide bonds. The average Bonchev–Trinajstić information content (AvgIpc) is 3.04. The number of aromatic nitrogens is 1. The van der Waals surface area contributed by atoms with Gasteiger partial charge in [0.05, 0.1) is 0 Å². The molecule has 144 valence electrons. The van der Waals surface area contributed by atoms with Crippen LogP contribution in [0, 0.1) is 13.8 Å². The molecule has 0 radical (unpaired) electrons. The quantitative estimate of drug-likeness (QED) is 0.385. The number of anilines is 1. The molecule has 0 saturated carbocycles. The molecule has 0 atom stereocenters. The minimum atomic E-state index is -0.145. The summed E-state index contributed by atoms with van der Waals surface area (Å²) >= 11 is 3.33. The van der Waals surface area contributed by atoms with Crippen molar-refractivity contribution >= 4 is 40.5 Å². The van der Waals surface area contributed by atoms with Crippen LogP contribution in [-0.4, -0.2) is 16.7 Å². The van der Waals surface area contributed by atoms with Crippen molar-refractivity contribution in [3.05, 3.63) is 75.7 Å². The summed E-state index contributed by atoms with van der Waals surface area (Å²) in [7, 11) is 0. The van der Waals surface area contributed by atoms with Gasteiger partial charge in [-0.15, -0.1) is 23.1 Å². The van der Waals surface area contributed by atoms with E-state index < -0.39 is 0 Å². The van der Waals surface area contributed by atoms with E-state index in [0.717, 1.165) is 31.7 Å². The number of thioether (sulfide) groups is 1. The summed E-state index contributed by atoms with van der Waals surface area (Å²) in [5.41, 5.74) is 2.65. The van der Waals surface area contributed by atoms with Crippen molar-refractivity contribution in [3.8, 4) is 0 Å². The zero-order chi connectivity index (χ0) is 19.9. The van der Waals surface area contributed by atoms with Crippen LogP contribution in [0.1, 0.15) is 38.5 Å². The second-order valence-electron chi connectivity index (χ2n) is 6.47. The van der Waals surface area contributed by atoms with Crippen molar-refractivity contribution in [3.63, 3.8) is 0 Å². The lowest BCUT2D eigenvalue weighted by molar-refractivity contribution is -0.116. The number of hydrogen-bond acceptors (Lipinski definition) is 5. The number of aryl methyl sites for hydroxylation is 2. The van der Waals surface area contributed by atoms with Gasteiger partial charge in [-0.25, -0.2) is 0 Å². The van der Waals surface area contributed by atoms with Gasteiger partial charge in [0.25, 0.3) is 0 Å². The molecule has 28 heavy (non-hydrogen) atoms. The maximum absolute atomic E-state index is 12.3.